The predicted molar refractivity (Wildman–Crippen MR) is 147 cm³/mol. The SMILES string of the molecule is CCN(CC(O)COc1ccc(CCNC(=O)COc2ccc(Cl)cc2)cc1)NC(=O)Cc1ccccc1. The first-order valence-corrected chi connectivity index (χ1v) is 12.9. The first-order valence-electron chi connectivity index (χ1n) is 12.5. The van der Waals surface area contributed by atoms with E-state index in [4.69, 9.17) is 21.1 Å². The van der Waals surface area contributed by atoms with E-state index in [1.807, 2.05) is 61.5 Å². The Morgan fingerprint density at radius 1 is 0.895 bits per heavy atom. The summed E-state index contributed by atoms with van der Waals surface area (Å²) < 4.78 is 11.1. The largest absolute Gasteiger partial charge is 0.491 e. The van der Waals surface area contributed by atoms with Crippen LogP contribution in [0.15, 0.2) is 78.9 Å². The first kappa shape index (κ1) is 29.0. The molecule has 9 heteroatoms. The number of hydrogen-bond donors (Lipinski definition) is 3. The summed E-state index contributed by atoms with van der Waals surface area (Å²) in [6.07, 6.45) is 0.151. The fourth-order valence-electron chi connectivity index (χ4n) is 3.58. The molecule has 0 saturated carbocycles. The molecule has 0 aromatic heterocycles. The number of likely N-dealkylation sites (N-methyl/N-ethyl adjacent to an activating group) is 1. The Kier molecular flexibility index (Phi) is 11.9. The average Bonchev–Trinajstić information content (AvgIpc) is 2.92. The third kappa shape index (κ3) is 10.8. The van der Waals surface area contributed by atoms with Gasteiger partial charge in [-0.15, -0.1) is 0 Å². The molecule has 0 aliphatic heterocycles. The molecule has 3 aromatic carbocycles. The van der Waals surface area contributed by atoms with Crippen molar-refractivity contribution in [1.29, 1.82) is 0 Å². The van der Waals surface area contributed by atoms with Gasteiger partial charge in [-0.1, -0.05) is 61.0 Å². The van der Waals surface area contributed by atoms with Crippen molar-refractivity contribution in [2.75, 3.05) is 32.8 Å². The monoisotopic (exact) mass is 539 g/mol. The second-order valence-corrected chi connectivity index (χ2v) is 9.12. The van der Waals surface area contributed by atoms with Crippen LogP contribution in [0, 0.1) is 0 Å². The van der Waals surface area contributed by atoms with Crippen LogP contribution in [0.3, 0.4) is 0 Å². The van der Waals surface area contributed by atoms with Crippen LogP contribution in [0.2, 0.25) is 5.02 Å². The lowest BCUT2D eigenvalue weighted by Crippen LogP contribution is -2.47. The van der Waals surface area contributed by atoms with Gasteiger partial charge in [-0.25, -0.2) is 5.01 Å². The van der Waals surface area contributed by atoms with Crippen LogP contribution in [0.1, 0.15) is 18.1 Å². The standard InChI is InChI=1S/C29H34ClN3O5/c1-2-33(32-28(35)18-23-6-4-3-5-7-23)19-25(34)20-37-26-12-8-22(9-13-26)16-17-31-29(36)21-38-27-14-10-24(30)11-15-27/h3-15,25,34H,2,16-21H2,1H3,(H,31,36)(H,32,35). The van der Waals surface area contributed by atoms with Crippen molar-refractivity contribution in [1.82, 2.24) is 15.8 Å². The Labute approximate surface area is 228 Å². The number of hydrazine groups is 1. The zero-order valence-electron chi connectivity index (χ0n) is 21.4. The molecule has 1 unspecified atom stereocenters. The summed E-state index contributed by atoms with van der Waals surface area (Å²) in [6.45, 7) is 3.21. The van der Waals surface area contributed by atoms with Crippen molar-refractivity contribution in [3.63, 3.8) is 0 Å². The minimum Gasteiger partial charge on any atom is -0.491 e. The number of aliphatic hydroxyl groups is 1. The van der Waals surface area contributed by atoms with Gasteiger partial charge in [0.1, 0.15) is 24.2 Å². The average molecular weight is 540 g/mol. The molecule has 0 aliphatic rings. The number of benzene rings is 3. The number of hydrogen-bond acceptors (Lipinski definition) is 6. The predicted octanol–water partition coefficient (Wildman–Crippen LogP) is 3.41. The van der Waals surface area contributed by atoms with E-state index in [0.29, 0.717) is 36.0 Å². The lowest BCUT2D eigenvalue weighted by Gasteiger charge is -2.24. The quantitative estimate of drug-likeness (QED) is 0.256. The van der Waals surface area contributed by atoms with E-state index < -0.39 is 6.10 Å². The second-order valence-electron chi connectivity index (χ2n) is 8.69. The molecule has 0 radical (unpaired) electrons. The van der Waals surface area contributed by atoms with Crippen molar-refractivity contribution in [2.24, 2.45) is 0 Å². The highest BCUT2D eigenvalue weighted by Gasteiger charge is 2.14. The van der Waals surface area contributed by atoms with Gasteiger partial charge in [-0.2, -0.15) is 0 Å². The van der Waals surface area contributed by atoms with Gasteiger partial charge in [0.05, 0.1) is 6.42 Å². The minimum atomic E-state index is -0.781. The second kappa shape index (κ2) is 15.6. The molecule has 8 nitrogen and oxygen atoms in total. The maximum Gasteiger partial charge on any atom is 0.257 e. The van der Waals surface area contributed by atoms with Crippen molar-refractivity contribution in [2.45, 2.75) is 25.9 Å². The van der Waals surface area contributed by atoms with Crippen molar-refractivity contribution < 1.29 is 24.2 Å². The van der Waals surface area contributed by atoms with Crippen LogP contribution >= 0.6 is 11.6 Å². The Morgan fingerprint density at radius 3 is 2.24 bits per heavy atom. The molecule has 0 saturated heterocycles. The van der Waals surface area contributed by atoms with Gasteiger partial charge in [0.15, 0.2) is 6.61 Å². The molecular formula is C29H34ClN3O5. The number of halogens is 1. The zero-order valence-corrected chi connectivity index (χ0v) is 22.2. The summed E-state index contributed by atoms with van der Waals surface area (Å²) in [4.78, 5) is 24.3. The highest BCUT2D eigenvalue weighted by molar-refractivity contribution is 6.30. The lowest BCUT2D eigenvalue weighted by atomic mass is 10.1. The van der Waals surface area contributed by atoms with Crippen LogP contribution in [0.25, 0.3) is 0 Å². The number of aliphatic hydroxyl groups excluding tert-OH is 1. The fraction of sp³-hybridized carbons (Fsp3) is 0.310. The number of amides is 2. The molecule has 0 spiro atoms. The van der Waals surface area contributed by atoms with E-state index in [0.717, 1.165) is 11.1 Å². The molecular weight excluding hydrogens is 506 g/mol. The third-order valence-corrected chi connectivity index (χ3v) is 5.84. The molecule has 3 aromatic rings. The van der Waals surface area contributed by atoms with Gasteiger partial charge in [0.2, 0.25) is 5.91 Å². The Bertz CT molecular complexity index is 1130. The molecule has 38 heavy (non-hydrogen) atoms. The normalized spacial score (nSPS) is 11.6. The Balaban J connectivity index is 1.31. The molecule has 3 rings (SSSR count). The minimum absolute atomic E-state index is 0.0666. The van der Waals surface area contributed by atoms with Crippen LogP contribution in [-0.2, 0) is 22.4 Å². The van der Waals surface area contributed by atoms with E-state index in [9.17, 15) is 14.7 Å². The number of rotatable bonds is 15. The molecule has 1 atom stereocenters. The van der Waals surface area contributed by atoms with Gasteiger partial charge in [-0.3, -0.25) is 15.0 Å². The maximum absolute atomic E-state index is 12.3. The molecule has 0 aliphatic carbocycles. The molecule has 0 heterocycles. The number of carbonyl (C=O) groups excluding carboxylic acids is 2. The summed E-state index contributed by atoms with van der Waals surface area (Å²) >= 11 is 5.83. The van der Waals surface area contributed by atoms with E-state index >= 15 is 0 Å². The van der Waals surface area contributed by atoms with Crippen LogP contribution < -0.4 is 20.2 Å². The Hall–Kier alpha value is -3.59. The van der Waals surface area contributed by atoms with Crippen LogP contribution in [0.5, 0.6) is 11.5 Å². The molecule has 3 N–H and O–H groups in total. The highest BCUT2D eigenvalue weighted by atomic mass is 35.5. The molecule has 2 amide bonds. The van der Waals surface area contributed by atoms with Crippen LogP contribution in [0.4, 0.5) is 0 Å². The smallest absolute Gasteiger partial charge is 0.257 e. The number of carbonyl (C=O) groups is 2. The highest BCUT2D eigenvalue weighted by Crippen LogP contribution is 2.15. The third-order valence-electron chi connectivity index (χ3n) is 5.59. The van der Waals surface area contributed by atoms with Gasteiger partial charge >= 0.3 is 0 Å². The summed E-state index contributed by atoms with van der Waals surface area (Å²) in [7, 11) is 0. The number of nitrogens with one attached hydrogen (secondary N) is 2. The van der Waals surface area contributed by atoms with Crippen LogP contribution in [-0.4, -0.2) is 60.9 Å². The molecule has 0 bridgehead atoms. The topological polar surface area (TPSA) is 100 Å². The van der Waals surface area contributed by atoms with Crippen molar-refractivity contribution >= 4 is 23.4 Å². The van der Waals surface area contributed by atoms with E-state index in [-0.39, 0.29) is 38.0 Å². The fourth-order valence-corrected chi connectivity index (χ4v) is 3.71. The Morgan fingerprint density at radius 2 is 1.55 bits per heavy atom. The van der Waals surface area contributed by atoms with E-state index in [2.05, 4.69) is 10.7 Å². The summed E-state index contributed by atoms with van der Waals surface area (Å²) in [6, 6.07) is 23.8. The summed E-state index contributed by atoms with van der Waals surface area (Å²) in [5.41, 5.74) is 4.80. The van der Waals surface area contributed by atoms with Crippen molar-refractivity contribution in [3.05, 3.63) is 95.0 Å². The summed E-state index contributed by atoms with van der Waals surface area (Å²) in [5, 5.41) is 15.5. The van der Waals surface area contributed by atoms with E-state index in [1.54, 1.807) is 29.3 Å². The van der Waals surface area contributed by atoms with Gasteiger partial charge in [0, 0.05) is 24.7 Å². The van der Waals surface area contributed by atoms with Crippen molar-refractivity contribution in [3.8, 4) is 11.5 Å². The first-order chi connectivity index (χ1) is 18.4. The zero-order chi connectivity index (χ0) is 27.2. The molecule has 0 fully saturated rings. The van der Waals surface area contributed by atoms with E-state index in [1.165, 1.54) is 0 Å². The number of ether oxygens (including phenoxy) is 2. The van der Waals surface area contributed by atoms with Gasteiger partial charge < -0.3 is 19.9 Å². The number of nitrogens with zero attached hydrogens (tertiary/aromatic N) is 1. The molecule has 202 valence electrons. The van der Waals surface area contributed by atoms with Gasteiger partial charge in [0.25, 0.3) is 5.91 Å². The summed E-state index contributed by atoms with van der Waals surface area (Å²) in [5.74, 6) is 0.878. The maximum atomic E-state index is 12.3. The van der Waals surface area contributed by atoms with Gasteiger partial charge in [-0.05, 0) is 53.9 Å². The lowest BCUT2D eigenvalue weighted by molar-refractivity contribution is -0.126.